The number of anilines is 1. The van der Waals surface area contributed by atoms with E-state index in [2.05, 4.69) is 15.1 Å². The molecule has 0 radical (unpaired) electrons. The lowest BCUT2D eigenvalue weighted by Crippen LogP contribution is -2.16. The standard InChI is InChI=1S/C13H17N5O/c1-7-11(8(2)18(3)17-7)13-15-10-4-5-19-6-9(10)12(14)16-13/h4-6H2,1-3H3,(H2,14,15,16). The molecule has 1 aliphatic heterocycles. The predicted octanol–water partition coefficient (Wildman–Crippen LogP) is 1.15. The minimum atomic E-state index is 0.506. The normalized spacial score (nSPS) is 14.5. The zero-order chi connectivity index (χ0) is 13.6. The fraction of sp³-hybridized carbons (Fsp3) is 0.462. The van der Waals surface area contributed by atoms with Crippen LogP contribution < -0.4 is 5.73 Å². The molecule has 3 heterocycles. The second kappa shape index (κ2) is 4.31. The van der Waals surface area contributed by atoms with Crippen LogP contribution in [0, 0.1) is 13.8 Å². The minimum absolute atomic E-state index is 0.506. The Bertz CT molecular complexity index is 647. The third-order valence-corrected chi connectivity index (χ3v) is 3.59. The molecule has 0 atom stereocenters. The Kier molecular flexibility index (Phi) is 2.74. The summed E-state index contributed by atoms with van der Waals surface area (Å²) in [6.45, 7) is 5.17. The van der Waals surface area contributed by atoms with Crippen LogP contribution in [0.3, 0.4) is 0 Å². The van der Waals surface area contributed by atoms with Gasteiger partial charge in [-0.2, -0.15) is 5.10 Å². The molecule has 2 aromatic rings. The van der Waals surface area contributed by atoms with Gasteiger partial charge in [-0.15, -0.1) is 0 Å². The molecule has 0 spiro atoms. The van der Waals surface area contributed by atoms with Gasteiger partial charge in [-0.1, -0.05) is 0 Å². The molecule has 0 aromatic carbocycles. The Morgan fingerprint density at radius 1 is 1.26 bits per heavy atom. The fourth-order valence-electron chi connectivity index (χ4n) is 2.47. The molecule has 2 aromatic heterocycles. The van der Waals surface area contributed by atoms with Crippen molar-refractivity contribution < 1.29 is 4.74 Å². The molecule has 0 unspecified atom stereocenters. The van der Waals surface area contributed by atoms with Crippen LogP contribution in [0.5, 0.6) is 0 Å². The molecule has 0 saturated carbocycles. The van der Waals surface area contributed by atoms with Crippen LogP contribution in [-0.2, 0) is 24.8 Å². The lowest BCUT2D eigenvalue weighted by atomic mass is 10.1. The maximum atomic E-state index is 6.03. The summed E-state index contributed by atoms with van der Waals surface area (Å²) < 4.78 is 7.24. The second-order valence-electron chi connectivity index (χ2n) is 4.83. The number of fused-ring (bicyclic) bond motifs is 1. The number of nitrogen functional groups attached to an aromatic ring is 1. The Labute approximate surface area is 111 Å². The van der Waals surface area contributed by atoms with Gasteiger partial charge in [-0.25, -0.2) is 9.97 Å². The smallest absolute Gasteiger partial charge is 0.165 e. The first-order valence-electron chi connectivity index (χ1n) is 6.31. The van der Waals surface area contributed by atoms with Crippen molar-refractivity contribution in [3.63, 3.8) is 0 Å². The molecule has 0 bridgehead atoms. The van der Waals surface area contributed by atoms with Gasteiger partial charge in [0.2, 0.25) is 0 Å². The molecule has 0 saturated heterocycles. The molecule has 0 aliphatic carbocycles. The average molecular weight is 259 g/mol. The Hall–Kier alpha value is -1.95. The molecule has 0 amide bonds. The Morgan fingerprint density at radius 2 is 2.05 bits per heavy atom. The topological polar surface area (TPSA) is 78.9 Å². The predicted molar refractivity (Wildman–Crippen MR) is 71.5 cm³/mol. The van der Waals surface area contributed by atoms with E-state index in [1.807, 2.05) is 25.6 Å². The van der Waals surface area contributed by atoms with Gasteiger partial charge in [0, 0.05) is 24.7 Å². The van der Waals surface area contributed by atoms with Gasteiger partial charge in [-0.05, 0) is 13.8 Å². The molecule has 19 heavy (non-hydrogen) atoms. The Morgan fingerprint density at radius 3 is 2.74 bits per heavy atom. The van der Waals surface area contributed by atoms with Crippen molar-refractivity contribution in [3.05, 3.63) is 22.6 Å². The first-order chi connectivity index (χ1) is 9.08. The largest absolute Gasteiger partial charge is 0.383 e. The van der Waals surface area contributed by atoms with E-state index in [0.29, 0.717) is 24.9 Å². The molecule has 6 nitrogen and oxygen atoms in total. The number of nitrogens with two attached hydrogens (primary N) is 1. The van der Waals surface area contributed by atoms with E-state index in [0.717, 1.165) is 34.6 Å². The number of aryl methyl sites for hydroxylation is 2. The molecular formula is C13H17N5O. The first kappa shape index (κ1) is 12.1. The molecule has 3 rings (SSSR count). The van der Waals surface area contributed by atoms with E-state index in [9.17, 15) is 0 Å². The van der Waals surface area contributed by atoms with Gasteiger partial charge in [0.1, 0.15) is 5.82 Å². The van der Waals surface area contributed by atoms with Crippen LogP contribution in [0.2, 0.25) is 0 Å². The van der Waals surface area contributed by atoms with E-state index in [4.69, 9.17) is 10.5 Å². The number of aromatic nitrogens is 4. The third-order valence-electron chi connectivity index (χ3n) is 3.59. The van der Waals surface area contributed by atoms with Crippen LogP contribution >= 0.6 is 0 Å². The summed E-state index contributed by atoms with van der Waals surface area (Å²) in [5, 5.41) is 4.40. The molecular weight excluding hydrogens is 242 g/mol. The van der Waals surface area contributed by atoms with Crippen molar-refractivity contribution in [1.29, 1.82) is 0 Å². The van der Waals surface area contributed by atoms with Crippen molar-refractivity contribution in [2.75, 3.05) is 12.3 Å². The fourth-order valence-corrected chi connectivity index (χ4v) is 2.47. The van der Waals surface area contributed by atoms with Crippen LogP contribution in [0.4, 0.5) is 5.82 Å². The zero-order valence-corrected chi connectivity index (χ0v) is 11.4. The molecule has 2 N–H and O–H groups in total. The summed E-state index contributed by atoms with van der Waals surface area (Å²) in [6.07, 6.45) is 0.785. The molecule has 1 aliphatic rings. The van der Waals surface area contributed by atoms with Crippen LogP contribution in [0.1, 0.15) is 22.6 Å². The van der Waals surface area contributed by atoms with E-state index in [-0.39, 0.29) is 0 Å². The van der Waals surface area contributed by atoms with Crippen molar-refractivity contribution in [2.45, 2.75) is 26.9 Å². The van der Waals surface area contributed by atoms with E-state index in [1.165, 1.54) is 0 Å². The van der Waals surface area contributed by atoms with Gasteiger partial charge in [0.05, 0.1) is 30.2 Å². The van der Waals surface area contributed by atoms with E-state index < -0.39 is 0 Å². The van der Waals surface area contributed by atoms with Crippen molar-refractivity contribution in [3.8, 4) is 11.4 Å². The number of hydrogen-bond donors (Lipinski definition) is 1. The van der Waals surface area contributed by atoms with Gasteiger partial charge < -0.3 is 10.5 Å². The summed E-state index contributed by atoms with van der Waals surface area (Å²) in [5.74, 6) is 1.18. The van der Waals surface area contributed by atoms with Crippen molar-refractivity contribution in [2.24, 2.45) is 7.05 Å². The van der Waals surface area contributed by atoms with Crippen molar-refractivity contribution in [1.82, 2.24) is 19.7 Å². The van der Waals surface area contributed by atoms with Crippen molar-refractivity contribution >= 4 is 5.82 Å². The number of rotatable bonds is 1. The molecule has 6 heteroatoms. The van der Waals surface area contributed by atoms with Crippen LogP contribution in [0.15, 0.2) is 0 Å². The number of ether oxygens (including phenoxy) is 1. The number of hydrogen-bond acceptors (Lipinski definition) is 5. The summed E-state index contributed by atoms with van der Waals surface area (Å²) in [7, 11) is 1.92. The highest BCUT2D eigenvalue weighted by molar-refractivity contribution is 5.64. The third kappa shape index (κ3) is 1.88. The van der Waals surface area contributed by atoms with Crippen LogP contribution in [0.25, 0.3) is 11.4 Å². The van der Waals surface area contributed by atoms with Gasteiger partial charge >= 0.3 is 0 Å². The molecule has 0 fully saturated rings. The second-order valence-corrected chi connectivity index (χ2v) is 4.83. The average Bonchev–Trinajstić information content (AvgIpc) is 2.63. The summed E-state index contributed by atoms with van der Waals surface area (Å²) >= 11 is 0. The van der Waals surface area contributed by atoms with Gasteiger partial charge in [0.15, 0.2) is 5.82 Å². The Balaban J connectivity index is 2.18. The summed E-state index contributed by atoms with van der Waals surface area (Å²) in [6, 6.07) is 0. The highest BCUT2D eigenvalue weighted by Crippen LogP contribution is 2.27. The van der Waals surface area contributed by atoms with Gasteiger partial charge in [0.25, 0.3) is 0 Å². The highest BCUT2D eigenvalue weighted by Gasteiger charge is 2.20. The van der Waals surface area contributed by atoms with Gasteiger partial charge in [-0.3, -0.25) is 4.68 Å². The molecule has 100 valence electrons. The lowest BCUT2D eigenvalue weighted by Gasteiger charge is -2.17. The summed E-state index contributed by atoms with van der Waals surface area (Å²) in [5.41, 5.74) is 10.9. The zero-order valence-electron chi connectivity index (χ0n) is 11.4. The van der Waals surface area contributed by atoms with E-state index >= 15 is 0 Å². The quantitative estimate of drug-likeness (QED) is 0.831. The highest BCUT2D eigenvalue weighted by atomic mass is 16.5. The summed E-state index contributed by atoms with van der Waals surface area (Å²) in [4.78, 5) is 9.08. The first-order valence-corrected chi connectivity index (χ1v) is 6.31. The number of nitrogens with zero attached hydrogens (tertiary/aromatic N) is 4. The maximum Gasteiger partial charge on any atom is 0.165 e. The maximum absolute atomic E-state index is 6.03. The SMILES string of the molecule is Cc1nn(C)c(C)c1-c1nc(N)c2c(n1)CCOC2. The minimum Gasteiger partial charge on any atom is -0.383 e. The lowest BCUT2D eigenvalue weighted by molar-refractivity contribution is 0.109. The van der Waals surface area contributed by atoms with Crippen LogP contribution in [-0.4, -0.2) is 26.4 Å². The van der Waals surface area contributed by atoms with E-state index in [1.54, 1.807) is 0 Å². The monoisotopic (exact) mass is 259 g/mol.